The van der Waals surface area contributed by atoms with Crippen LogP contribution in [0.3, 0.4) is 0 Å². The summed E-state index contributed by atoms with van der Waals surface area (Å²) >= 11 is 1.53. The molecule has 2 rings (SSSR count). The van der Waals surface area contributed by atoms with Gasteiger partial charge in [0.1, 0.15) is 5.92 Å². The van der Waals surface area contributed by atoms with E-state index in [9.17, 15) is 14.1 Å². The van der Waals surface area contributed by atoms with Gasteiger partial charge in [0.15, 0.2) is 5.13 Å². The fraction of sp³-hybridized carbons (Fsp3) is 0.667. The van der Waals surface area contributed by atoms with Crippen LogP contribution in [0, 0.1) is 0 Å². The molecule has 1 aliphatic carbocycles. The van der Waals surface area contributed by atoms with E-state index in [2.05, 4.69) is 10.3 Å². The minimum atomic E-state index is -0.853. The van der Waals surface area contributed by atoms with E-state index in [-0.39, 0.29) is 6.04 Å². The number of nitrogens with zero attached hydrogens (tertiary/aromatic N) is 1. The van der Waals surface area contributed by atoms with Crippen LogP contribution in [-0.2, 0) is 22.0 Å². The molecule has 0 aliphatic heterocycles. The summed E-state index contributed by atoms with van der Waals surface area (Å²) in [5.74, 6) is -0.696. The van der Waals surface area contributed by atoms with Crippen LogP contribution in [0.2, 0.25) is 0 Å². The van der Waals surface area contributed by atoms with Gasteiger partial charge < -0.3 is 10.4 Å². The van der Waals surface area contributed by atoms with Gasteiger partial charge in [0.05, 0.1) is 5.69 Å². The molecule has 1 aliphatic rings. The maximum atomic E-state index is 11.2. The Kier molecular flexibility index (Phi) is 4.57. The number of nitrogens with one attached hydrogen (secondary N) is 1. The van der Waals surface area contributed by atoms with Gasteiger partial charge in [-0.3, -0.25) is 9.00 Å². The lowest BCUT2D eigenvalue weighted by molar-refractivity contribution is -0.139. The molecule has 0 saturated heterocycles. The largest absolute Gasteiger partial charge is 0.481 e. The van der Waals surface area contributed by atoms with Crippen LogP contribution in [0.1, 0.15) is 36.3 Å². The van der Waals surface area contributed by atoms with Crippen molar-refractivity contribution in [2.24, 2.45) is 0 Å². The predicted octanol–water partition coefficient (Wildman–Crippen LogP) is 1.83. The van der Waals surface area contributed by atoms with Gasteiger partial charge in [0.25, 0.3) is 0 Å². The smallest absolute Gasteiger partial charge is 0.312 e. The number of hydrogen-bond acceptors (Lipinski definition) is 5. The van der Waals surface area contributed by atoms with Crippen LogP contribution < -0.4 is 5.32 Å². The molecule has 1 aromatic rings. The maximum absolute atomic E-state index is 11.2. The fourth-order valence-electron chi connectivity index (χ4n) is 2.33. The first-order valence-corrected chi connectivity index (χ1v) is 8.80. The van der Waals surface area contributed by atoms with Crippen molar-refractivity contribution < 1.29 is 14.1 Å². The molecule has 3 unspecified atom stereocenters. The van der Waals surface area contributed by atoms with Crippen molar-refractivity contribution in [3.63, 3.8) is 0 Å². The summed E-state index contributed by atoms with van der Waals surface area (Å²) in [6.45, 7) is 1.95. The van der Waals surface area contributed by atoms with Gasteiger partial charge in [-0.2, -0.15) is 0 Å². The number of anilines is 1. The van der Waals surface area contributed by atoms with E-state index >= 15 is 0 Å². The fourth-order valence-corrected chi connectivity index (χ4v) is 4.29. The molecule has 0 bridgehead atoms. The van der Waals surface area contributed by atoms with E-state index in [0.717, 1.165) is 28.5 Å². The Morgan fingerprint density at radius 3 is 3.05 bits per heavy atom. The first-order chi connectivity index (χ1) is 8.97. The Morgan fingerprint density at radius 1 is 1.68 bits per heavy atom. The lowest BCUT2D eigenvalue weighted by atomic mass is 9.91. The van der Waals surface area contributed by atoms with Crippen molar-refractivity contribution in [2.75, 3.05) is 17.3 Å². The average Bonchev–Trinajstić information content (AvgIpc) is 2.68. The molecule has 0 radical (unpaired) electrons. The third-order valence-electron chi connectivity index (χ3n) is 3.11. The highest BCUT2D eigenvalue weighted by atomic mass is 32.2. The third-order valence-corrected chi connectivity index (χ3v) is 5.14. The first-order valence-electron chi connectivity index (χ1n) is 6.26. The monoisotopic (exact) mass is 302 g/mol. The summed E-state index contributed by atoms with van der Waals surface area (Å²) in [5, 5.41) is 13.2. The second-order valence-corrected chi connectivity index (χ2v) is 7.46. The number of hydrogen-bond donors (Lipinski definition) is 2. The highest BCUT2D eigenvalue weighted by molar-refractivity contribution is 7.84. The number of thiazole rings is 1. The van der Waals surface area contributed by atoms with Gasteiger partial charge in [-0.1, -0.05) is 0 Å². The summed E-state index contributed by atoms with van der Waals surface area (Å²) in [6.07, 6.45) is 4.15. The minimum Gasteiger partial charge on any atom is -0.481 e. The SMILES string of the molecule is CC(CS(C)=O)Nc1nc2c(s1)CCCC2C(=O)O. The number of aliphatic carboxylic acids is 1. The topological polar surface area (TPSA) is 79.3 Å². The van der Waals surface area contributed by atoms with Gasteiger partial charge in [0, 0.05) is 33.7 Å². The van der Waals surface area contributed by atoms with Crippen molar-refractivity contribution in [1.82, 2.24) is 4.98 Å². The van der Waals surface area contributed by atoms with Crippen LogP contribution in [0.15, 0.2) is 0 Å². The minimum absolute atomic E-state index is 0.0710. The quantitative estimate of drug-likeness (QED) is 0.867. The molecule has 106 valence electrons. The molecule has 0 aromatic carbocycles. The second kappa shape index (κ2) is 6.00. The second-order valence-electron chi connectivity index (χ2n) is 4.90. The zero-order chi connectivity index (χ0) is 14.0. The number of aryl methyl sites for hydroxylation is 1. The van der Waals surface area contributed by atoms with Crippen molar-refractivity contribution in [3.8, 4) is 0 Å². The van der Waals surface area contributed by atoms with Crippen molar-refractivity contribution in [3.05, 3.63) is 10.6 Å². The number of rotatable bonds is 5. The summed E-state index contributed by atoms with van der Waals surface area (Å²) < 4.78 is 11.2. The molecule has 7 heteroatoms. The predicted molar refractivity (Wildman–Crippen MR) is 77.4 cm³/mol. The van der Waals surface area contributed by atoms with Crippen LogP contribution in [-0.4, -0.2) is 38.3 Å². The van der Waals surface area contributed by atoms with Crippen LogP contribution >= 0.6 is 11.3 Å². The molecule has 2 N–H and O–H groups in total. The third kappa shape index (κ3) is 3.54. The number of carboxylic acids is 1. The molecule has 0 amide bonds. The zero-order valence-corrected chi connectivity index (χ0v) is 12.6. The molecule has 5 nitrogen and oxygen atoms in total. The summed E-state index contributed by atoms with van der Waals surface area (Å²) in [6, 6.07) is 0.0710. The molecule has 1 heterocycles. The van der Waals surface area contributed by atoms with Crippen molar-refractivity contribution in [2.45, 2.75) is 38.1 Å². The number of carbonyl (C=O) groups is 1. The highest BCUT2D eigenvalue weighted by Crippen LogP contribution is 2.36. The van der Waals surface area contributed by atoms with Crippen LogP contribution in [0.5, 0.6) is 0 Å². The Bertz CT molecular complexity index is 501. The first kappa shape index (κ1) is 14.5. The molecule has 0 spiro atoms. The molecule has 3 atom stereocenters. The lowest BCUT2D eigenvalue weighted by Gasteiger charge is -2.16. The maximum Gasteiger partial charge on any atom is 0.312 e. The van der Waals surface area contributed by atoms with Gasteiger partial charge in [-0.25, -0.2) is 4.98 Å². The Balaban J connectivity index is 2.13. The van der Waals surface area contributed by atoms with E-state index in [1.807, 2.05) is 6.92 Å². The van der Waals surface area contributed by atoms with Crippen molar-refractivity contribution in [1.29, 1.82) is 0 Å². The standard InChI is InChI=1S/C12H18N2O3S2/c1-7(6-19(2)17)13-12-14-10-8(11(15)16)4-3-5-9(10)18-12/h7-8H,3-6H2,1-2H3,(H,13,14)(H,15,16). The van der Waals surface area contributed by atoms with Crippen LogP contribution in [0.4, 0.5) is 5.13 Å². The van der Waals surface area contributed by atoms with Gasteiger partial charge >= 0.3 is 5.97 Å². The summed E-state index contributed by atoms with van der Waals surface area (Å²) in [5.41, 5.74) is 0.719. The molecule has 19 heavy (non-hydrogen) atoms. The lowest BCUT2D eigenvalue weighted by Crippen LogP contribution is -2.22. The number of fused-ring (bicyclic) bond motifs is 1. The van der Waals surface area contributed by atoms with Crippen LogP contribution in [0.25, 0.3) is 0 Å². The van der Waals surface area contributed by atoms with Gasteiger partial charge in [-0.15, -0.1) is 11.3 Å². The Labute approximate surface area is 118 Å². The molecular weight excluding hydrogens is 284 g/mol. The molecule has 1 aromatic heterocycles. The van der Waals surface area contributed by atoms with E-state index in [1.165, 1.54) is 11.3 Å². The normalized spacial score (nSPS) is 21.5. The average molecular weight is 302 g/mol. The Hall–Kier alpha value is -0.950. The summed E-state index contributed by atoms with van der Waals surface area (Å²) in [4.78, 5) is 16.7. The zero-order valence-electron chi connectivity index (χ0n) is 11.0. The van der Waals surface area contributed by atoms with E-state index in [4.69, 9.17) is 0 Å². The molecular formula is C12H18N2O3S2. The van der Waals surface area contributed by atoms with E-state index < -0.39 is 22.7 Å². The van der Waals surface area contributed by atoms with Gasteiger partial charge in [0.2, 0.25) is 0 Å². The number of aromatic nitrogens is 1. The van der Waals surface area contributed by atoms with Gasteiger partial charge in [-0.05, 0) is 26.2 Å². The molecule has 0 saturated carbocycles. The highest BCUT2D eigenvalue weighted by Gasteiger charge is 2.30. The van der Waals surface area contributed by atoms with Crippen molar-refractivity contribution >= 4 is 33.2 Å². The van der Waals surface area contributed by atoms with E-state index in [0.29, 0.717) is 12.2 Å². The molecule has 0 fully saturated rings. The Morgan fingerprint density at radius 2 is 2.42 bits per heavy atom. The summed E-state index contributed by atoms with van der Waals surface area (Å²) in [7, 11) is -0.853. The number of carboxylic acid groups (broad SMARTS) is 1. The van der Waals surface area contributed by atoms with E-state index in [1.54, 1.807) is 6.26 Å².